The number of carbonyl (C=O) groups is 2. The zero-order chi connectivity index (χ0) is 25.4. The molecule has 0 saturated carbocycles. The van der Waals surface area contributed by atoms with E-state index in [1.54, 1.807) is 17.9 Å². The second-order valence-electron chi connectivity index (χ2n) is 8.44. The molecule has 188 valence electrons. The average molecular weight is 483 g/mol. The molecule has 0 spiro atoms. The Morgan fingerprint density at radius 3 is 2.51 bits per heavy atom. The maximum Gasteiger partial charge on any atom is 0.356 e. The third-order valence-corrected chi connectivity index (χ3v) is 5.95. The molecule has 1 unspecified atom stereocenters. The maximum atomic E-state index is 12.9. The molecule has 0 radical (unpaired) electrons. The number of pyridine rings is 1. The molecule has 0 fully saturated rings. The van der Waals surface area contributed by atoms with E-state index in [9.17, 15) is 9.59 Å². The third kappa shape index (κ3) is 6.30. The predicted molar refractivity (Wildman–Crippen MR) is 136 cm³/mol. The van der Waals surface area contributed by atoms with Gasteiger partial charge in [0.15, 0.2) is 5.69 Å². The van der Waals surface area contributed by atoms with Crippen LogP contribution in [0.25, 0.3) is 11.0 Å². The molecule has 0 aliphatic heterocycles. The molecular formula is C26H34N4O5. The van der Waals surface area contributed by atoms with Gasteiger partial charge in [0.1, 0.15) is 18.0 Å². The predicted octanol–water partition coefficient (Wildman–Crippen LogP) is 4.12. The Hall–Kier alpha value is -3.59. The minimum atomic E-state index is -0.556. The number of aryl methyl sites for hydroxylation is 2. The van der Waals surface area contributed by atoms with Gasteiger partial charge in [-0.05, 0) is 36.1 Å². The van der Waals surface area contributed by atoms with Crippen LogP contribution in [0, 0.1) is 5.92 Å². The van der Waals surface area contributed by atoms with Crippen LogP contribution >= 0.6 is 0 Å². The van der Waals surface area contributed by atoms with E-state index in [2.05, 4.69) is 29.5 Å². The van der Waals surface area contributed by atoms with Crippen LogP contribution in [0.3, 0.4) is 0 Å². The Balaban J connectivity index is 2.06. The molecule has 1 atom stereocenters. The highest BCUT2D eigenvalue weighted by atomic mass is 16.5. The summed E-state index contributed by atoms with van der Waals surface area (Å²) in [6.45, 7) is 5.42. The van der Waals surface area contributed by atoms with Crippen LogP contribution in [0.15, 0.2) is 36.5 Å². The summed E-state index contributed by atoms with van der Waals surface area (Å²) < 4.78 is 17.1. The van der Waals surface area contributed by atoms with Crippen LogP contribution in [0.5, 0.6) is 5.75 Å². The molecule has 2 heterocycles. The van der Waals surface area contributed by atoms with Gasteiger partial charge in [-0.25, -0.2) is 9.78 Å². The maximum absolute atomic E-state index is 12.9. The fourth-order valence-corrected chi connectivity index (χ4v) is 3.75. The summed E-state index contributed by atoms with van der Waals surface area (Å²) in [4.78, 5) is 30.0. The number of benzene rings is 1. The molecule has 3 rings (SSSR count). The van der Waals surface area contributed by atoms with Gasteiger partial charge >= 0.3 is 5.97 Å². The summed E-state index contributed by atoms with van der Waals surface area (Å²) in [7, 11) is 4.39. The van der Waals surface area contributed by atoms with E-state index in [4.69, 9.17) is 14.2 Å². The highest BCUT2D eigenvalue weighted by Crippen LogP contribution is 2.33. The van der Waals surface area contributed by atoms with E-state index in [0.717, 1.165) is 30.0 Å². The fourth-order valence-electron chi connectivity index (χ4n) is 3.75. The van der Waals surface area contributed by atoms with Crippen LogP contribution in [0.2, 0.25) is 0 Å². The van der Waals surface area contributed by atoms with Gasteiger partial charge < -0.3 is 29.4 Å². The van der Waals surface area contributed by atoms with Crippen molar-refractivity contribution in [3.63, 3.8) is 0 Å². The van der Waals surface area contributed by atoms with Gasteiger partial charge in [-0.3, -0.25) is 4.79 Å². The van der Waals surface area contributed by atoms with Crippen molar-refractivity contribution < 1.29 is 23.8 Å². The van der Waals surface area contributed by atoms with E-state index in [-0.39, 0.29) is 18.2 Å². The summed E-state index contributed by atoms with van der Waals surface area (Å²) in [5.41, 5.74) is 3.07. The summed E-state index contributed by atoms with van der Waals surface area (Å²) in [6.07, 6.45) is 3.44. The van der Waals surface area contributed by atoms with Crippen LogP contribution in [0.1, 0.15) is 36.3 Å². The second kappa shape index (κ2) is 12.2. The van der Waals surface area contributed by atoms with Crippen molar-refractivity contribution in [1.82, 2.24) is 9.55 Å². The van der Waals surface area contributed by atoms with Gasteiger partial charge in [0.25, 0.3) is 0 Å². The minimum Gasteiger partial charge on any atom is -0.497 e. The molecule has 1 amide bonds. The molecule has 2 N–H and O–H groups in total. The summed E-state index contributed by atoms with van der Waals surface area (Å²) in [5, 5.41) is 6.88. The Bertz CT molecular complexity index is 1160. The number of nitrogens with one attached hydrogen (secondary N) is 2. The lowest BCUT2D eigenvalue weighted by molar-refractivity contribution is -0.119. The van der Waals surface area contributed by atoms with Crippen LogP contribution in [-0.4, -0.2) is 55.9 Å². The zero-order valence-corrected chi connectivity index (χ0v) is 21.0. The first-order valence-electron chi connectivity index (χ1n) is 11.7. The number of hydrogen-bond acceptors (Lipinski definition) is 7. The zero-order valence-electron chi connectivity index (χ0n) is 21.0. The number of fused-ring (bicyclic) bond motifs is 1. The quantitative estimate of drug-likeness (QED) is 0.374. The first-order valence-corrected chi connectivity index (χ1v) is 11.7. The van der Waals surface area contributed by atoms with Crippen molar-refractivity contribution in [2.24, 2.45) is 5.92 Å². The largest absolute Gasteiger partial charge is 0.497 e. The molecule has 3 aromatic rings. The number of carbonyl (C=O) groups excluding carboxylic acids is 2. The summed E-state index contributed by atoms with van der Waals surface area (Å²) in [6, 6.07) is 9.66. The van der Waals surface area contributed by atoms with E-state index < -0.39 is 5.97 Å². The molecule has 0 aliphatic carbocycles. The number of hydrogen-bond donors (Lipinski definition) is 2. The lowest BCUT2D eigenvalue weighted by Gasteiger charge is -2.12. The molecule has 2 aromatic heterocycles. The Morgan fingerprint density at radius 2 is 1.89 bits per heavy atom. The van der Waals surface area contributed by atoms with Gasteiger partial charge in [-0.15, -0.1) is 0 Å². The lowest BCUT2D eigenvalue weighted by Crippen LogP contribution is -2.20. The number of nitrogens with zero attached hydrogens (tertiary/aromatic N) is 2. The highest BCUT2D eigenvalue weighted by Gasteiger charge is 2.26. The number of rotatable bonds is 12. The van der Waals surface area contributed by atoms with Crippen molar-refractivity contribution in [3.05, 3.63) is 47.8 Å². The van der Waals surface area contributed by atoms with Crippen molar-refractivity contribution in [2.75, 3.05) is 45.1 Å². The summed E-state index contributed by atoms with van der Waals surface area (Å²) >= 11 is 0. The Morgan fingerprint density at radius 1 is 1.14 bits per heavy atom. The number of aromatic nitrogens is 2. The minimum absolute atomic E-state index is 0.140. The van der Waals surface area contributed by atoms with E-state index in [0.29, 0.717) is 35.6 Å². The van der Waals surface area contributed by atoms with Crippen LogP contribution in [-0.2, 0) is 27.2 Å². The first kappa shape index (κ1) is 26.0. The SMILES string of the molecule is CCC(C)CNc1cnc2c(c1)c(NC(=O)COC)c(C(=O)OC)n2CCc1ccc(OC)cc1. The van der Waals surface area contributed by atoms with E-state index in [1.807, 2.05) is 30.3 Å². The number of esters is 1. The molecule has 35 heavy (non-hydrogen) atoms. The second-order valence-corrected chi connectivity index (χ2v) is 8.44. The molecule has 0 bridgehead atoms. The van der Waals surface area contributed by atoms with Gasteiger partial charge in [0.05, 0.1) is 31.8 Å². The van der Waals surface area contributed by atoms with Gasteiger partial charge in [0, 0.05) is 25.6 Å². The van der Waals surface area contributed by atoms with Gasteiger partial charge in [-0.1, -0.05) is 32.4 Å². The van der Waals surface area contributed by atoms with Crippen molar-refractivity contribution in [2.45, 2.75) is 33.2 Å². The van der Waals surface area contributed by atoms with Crippen molar-refractivity contribution in [3.8, 4) is 5.75 Å². The van der Waals surface area contributed by atoms with Crippen molar-refractivity contribution in [1.29, 1.82) is 0 Å². The Labute approximate surface area is 205 Å². The van der Waals surface area contributed by atoms with E-state index in [1.165, 1.54) is 14.2 Å². The topological polar surface area (TPSA) is 104 Å². The summed E-state index contributed by atoms with van der Waals surface area (Å²) in [5.74, 6) is 0.341. The first-order chi connectivity index (χ1) is 16.9. The molecule has 0 saturated heterocycles. The van der Waals surface area contributed by atoms with Crippen LogP contribution < -0.4 is 15.4 Å². The molecular weight excluding hydrogens is 448 g/mol. The number of anilines is 2. The number of ether oxygens (including phenoxy) is 3. The number of methoxy groups -OCH3 is 3. The average Bonchev–Trinajstić information content (AvgIpc) is 3.18. The highest BCUT2D eigenvalue weighted by molar-refractivity contribution is 6.11. The van der Waals surface area contributed by atoms with Crippen molar-refractivity contribution >= 4 is 34.3 Å². The number of amides is 1. The molecule has 9 nitrogen and oxygen atoms in total. The molecule has 0 aliphatic rings. The third-order valence-electron chi connectivity index (χ3n) is 5.95. The lowest BCUT2D eigenvalue weighted by atomic mass is 10.1. The smallest absolute Gasteiger partial charge is 0.356 e. The van der Waals surface area contributed by atoms with E-state index >= 15 is 0 Å². The van der Waals surface area contributed by atoms with Gasteiger partial charge in [0.2, 0.25) is 5.91 Å². The standard InChI is InChI=1S/C26H34N4O5/c1-6-17(2)14-27-19-13-21-23(29-22(31)16-33-3)24(26(32)35-5)30(25(21)28-15-19)12-11-18-7-9-20(34-4)10-8-18/h7-10,13,15,17,27H,6,11-12,14,16H2,1-5H3,(H,29,31). The van der Waals surface area contributed by atoms with Crippen LogP contribution in [0.4, 0.5) is 11.4 Å². The molecule has 1 aromatic carbocycles. The monoisotopic (exact) mass is 482 g/mol. The Kier molecular flexibility index (Phi) is 9.08. The fraction of sp³-hybridized carbons (Fsp3) is 0.423. The molecule has 9 heteroatoms. The van der Waals surface area contributed by atoms with Gasteiger partial charge in [-0.2, -0.15) is 0 Å². The normalized spacial score (nSPS) is 11.8.